The van der Waals surface area contributed by atoms with Crippen LogP contribution in [0.15, 0.2) is 40.9 Å². The molecule has 0 amide bonds. The third kappa shape index (κ3) is 3.10. The minimum absolute atomic E-state index is 0.309. The standard InChI is InChI=1S/C12H8BrFINO/c13-9-5-7(14)1-3-11(9)17-12-4-2-8(16)6-10(12)15/h1-6H,16H2. The fourth-order valence-corrected chi connectivity index (χ4v) is 2.36. The van der Waals surface area contributed by atoms with Gasteiger partial charge in [-0.15, -0.1) is 0 Å². The van der Waals surface area contributed by atoms with Crippen molar-refractivity contribution in [2.75, 3.05) is 5.73 Å². The van der Waals surface area contributed by atoms with Crippen LogP contribution in [0.1, 0.15) is 0 Å². The summed E-state index contributed by atoms with van der Waals surface area (Å²) in [7, 11) is 0. The summed E-state index contributed by atoms with van der Waals surface area (Å²) in [5.41, 5.74) is 6.33. The molecular formula is C12H8BrFINO. The predicted molar refractivity (Wildman–Crippen MR) is 77.7 cm³/mol. The highest BCUT2D eigenvalue weighted by Gasteiger charge is 2.07. The van der Waals surface area contributed by atoms with Crippen molar-refractivity contribution in [3.63, 3.8) is 0 Å². The molecule has 0 aromatic heterocycles. The van der Waals surface area contributed by atoms with Gasteiger partial charge in [0, 0.05) is 5.69 Å². The Kier molecular flexibility index (Phi) is 3.88. The monoisotopic (exact) mass is 407 g/mol. The second-order valence-corrected chi connectivity index (χ2v) is 5.38. The summed E-state index contributed by atoms with van der Waals surface area (Å²) in [6, 6.07) is 9.64. The van der Waals surface area contributed by atoms with Crippen LogP contribution < -0.4 is 10.5 Å². The van der Waals surface area contributed by atoms with Crippen molar-refractivity contribution in [1.82, 2.24) is 0 Å². The first-order valence-electron chi connectivity index (χ1n) is 4.74. The highest BCUT2D eigenvalue weighted by molar-refractivity contribution is 14.1. The van der Waals surface area contributed by atoms with Gasteiger partial charge in [0.25, 0.3) is 0 Å². The number of nitrogens with two attached hydrogens (primary N) is 1. The summed E-state index contributed by atoms with van der Waals surface area (Å²) >= 11 is 5.39. The van der Waals surface area contributed by atoms with Gasteiger partial charge in [0.2, 0.25) is 0 Å². The molecule has 0 saturated heterocycles. The van der Waals surface area contributed by atoms with Crippen molar-refractivity contribution in [3.8, 4) is 11.5 Å². The molecule has 2 aromatic carbocycles. The SMILES string of the molecule is Nc1ccc(Oc2ccc(F)cc2Br)c(I)c1. The van der Waals surface area contributed by atoms with E-state index in [2.05, 4.69) is 38.5 Å². The van der Waals surface area contributed by atoms with Crippen molar-refractivity contribution >= 4 is 44.2 Å². The van der Waals surface area contributed by atoms with Gasteiger partial charge in [-0.2, -0.15) is 0 Å². The fraction of sp³-hybridized carbons (Fsp3) is 0. The number of hydrogen-bond donors (Lipinski definition) is 1. The van der Waals surface area contributed by atoms with Crippen LogP contribution in [0.3, 0.4) is 0 Å². The molecule has 0 aliphatic carbocycles. The summed E-state index contributed by atoms with van der Waals surface area (Å²) in [5, 5.41) is 0. The number of rotatable bonds is 2. The van der Waals surface area contributed by atoms with E-state index in [1.165, 1.54) is 12.1 Å². The Morgan fingerprint density at radius 2 is 1.82 bits per heavy atom. The van der Waals surface area contributed by atoms with Gasteiger partial charge >= 0.3 is 0 Å². The molecule has 0 bridgehead atoms. The van der Waals surface area contributed by atoms with Crippen LogP contribution in [0, 0.1) is 9.39 Å². The van der Waals surface area contributed by atoms with E-state index in [4.69, 9.17) is 10.5 Å². The Hall–Kier alpha value is -0.820. The number of ether oxygens (including phenoxy) is 1. The molecular weight excluding hydrogens is 400 g/mol. The predicted octanol–water partition coefficient (Wildman–Crippen LogP) is 4.57. The first-order chi connectivity index (χ1) is 8.06. The highest BCUT2D eigenvalue weighted by Crippen LogP contribution is 2.33. The van der Waals surface area contributed by atoms with Crippen LogP contribution in [-0.2, 0) is 0 Å². The lowest BCUT2D eigenvalue weighted by Crippen LogP contribution is -1.91. The van der Waals surface area contributed by atoms with Crippen molar-refractivity contribution in [1.29, 1.82) is 0 Å². The minimum atomic E-state index is -0.309. The summed E-state index contributed by atoms with van der Waals surface area (Å²) in [5.74, 6) is 0.942. The third-order valence-corrected chi connectivity index (χ3v) is 3.53. The molecule has 2 N–H and O–H groups in total. The van der Waals surface area contributed by atoms with Crippen molar-refractivity contribution in [2.24, 2.45) is 0 Å². The maximum atomic E-state index is 12.9. The quantitative estimate of drug-likeness (QED) is 0.584. The van der Waals surface area contributed by atoms with Crippen LogP contribution in [0.5, 0.6) is 11.5 Å². The Balaban J connectivity index is 2.31. The molecule has 0 spiro atoms. The van der Waals surface area contributed by atoms with E-state index >= 15 is 0 Å². The van der Waals surface area contributed by atoms with Gasteiger partial charge in [-0.3, -0.25) is 0 Å². The number of halogens is 3. The summed E-state index contributed by atoms with van der Waals surface area (Å²) in [6.45, 7) is 0. The van der Waals surface area contributed by atoms with Crippen molar-refractivity contribution in [2.45, 2.75) is 0 Å². The second-order valence-electron chi connectivity index (χ2n) is 3.37. The summed E-state index contributed by atoms with van der Waals surface area (Å²) < 4.78 is 20.1. The highest BCUT2D eigenvalue weighted by atomic mass is 127. The van der Waals surface area contributed by atoms with E-state index < -0.39 is 0 Å². The maximum Gasteiger partial charge on any atom is 0.141 e. The molecule has 2 aromatic rings. The Morgan fingerprint density at radius 1 is 1.12 bits per heavy atom. The lowest BCUT2D eigenvalue weighted by molar-refractivity contribution is 0.474. The minimum Gasteiger partial charge on any atom is -0.455 e. The first-order valence-corrected chi connectivity index (χ1v) is 6.61. The lowest BCUT2D eigenvalue weighted by atomic mass is 10.3. The van der Waals surface area contributed by atoms with Gasteiger partial charge in [-0.1, -0.05) is 0 Å². The molecule has 0 aliphatic rings. The molecule has 0 radical (unpaired) electrons. The average molecular weight is 408 g/mol. The van der Waals surface area contributed by atoms with Gasteiger partial charge in [0.15, 0.2) is 0 Å². The summed E-state index contributed by atoms with van der Waals surface area (Å²) in [6.07, 6.45) is 0. The molecule has 17 heavy (non-hydrogen) atoms. The number of nitrogen functional groups attached to an aromatic ring is 1. The van der Waals surface area contributed by atoms with Crippen molar-refractivity contribution < 1.29 is 9.13 Å². The van der Waals surface area contributed by atoms with Gasteiger partial charge in [-0.05, 0) is 74.9 Å². The topological polar surface area (TPSA) is 35.2 Å². The van der Waals surface area contributed by atoms with E-state index in [1.54, 1.807) is 18.2 Å². The maximum absolute atomic E-state index is 12.9. The van der Waals surface area contributed by atoms with Crippen LogP contribution in [0.25, 0.3) is 0 Å². The van der Waals surface area contributed by atoms with Gasteiger partial charge < -0.3 is 10.5 Å². The average Bonchev–Trinajstić information content (AvgIpc) is 2.25. The first kappa shape index (κ1) is 12.6. The molecule has 0 unspecified atom stereocenters. The van der Waals surface area contributed by atoms with E-state index in [-0.39, 0.29) is 5.82 Å². The molecule has 0 heterocycles. The van der Waals surface area contributed by atoms with Crippen LogP contribution in [0.4, 0.5) is 10.1 Å². The largest absolute Gasteiger partial charge is 0.455 e. The van der Waals surface area contributed by atoms with Crippen molar-refractivity contribution in [3.05, 3.63) is 50.3 Å². The Bertz CT molecular complexity index is 513. The number of anilines is 1. The fourth-order valence-electron chi connectivity index (χ4n) is 1.28. The normalized spacial score (nSPS) is 10.3. The lowest BCUT2D eigenvalue weighted by Gasteiger charge is -2.09. The zero-order chi connectivity index (χ0) is 12.4. The van der Waals surface area contributed by atoms with Gasteiger partial charge in [-0.25, -0.2) is 4.39 Å². The van der Waals surface area contributed by atoms with E-state index in [9.17, 15) is 4.39 Å². The second kappa shape index (κ2) is 5.22. The van der Waals surface area contributed by atoms with E-state index in [0.29, 0.717) is 21.7 Å². The zero-order valence-electron chi connectivity index (χ0n) is 8.58. The summed E-state index contributed by atoms with van der Waals surface area (Å²) in [4.78, 5) is 0. The third-order valence-electron chi connectivity index (χ3n) is 2.07. The molecule has 0 fully saturated rings. The Morgan fingerprint density at radius 3 is 2.47 bits per heavy atom. The van der Waals surface area contributed by atoms with Gasteiger partial charge in [0.05, 0.1) is 8.04 Å². The molecule has 2 rings (SSSR count). The molecule has 88 valence electrons. The van der Waals surface area contributed by atoms with E-state index in [1.807, 2.05) is 6.07 Å². The van der Waals surface area contributed by atoms with Crippen LogP contribution in [0.2, 0.25) is 0 Å². The molecule has 2 nitrogen and oxygen atoms in total. The zero-order valence-corrected chi connectivity index (χ0v) is 12.3. The van der Waals surface area contributed by atoms with Gasteiger partial charge in [0.1, 0.15) is 17.3 Å². The molecule has 5 heteroatoms. The molecule has 0 atom stereocenters. The van der Waals surface area contributed by atoms with Crippen LogP contribution in [-0.4, -0.2) is 0 Å². The number of benzene rings is 2. The van der Waals surface area contributed by atoms with E-state index in [0.717, 1.165) is 3.57 Å². The van der Waals surface area contributed by atoms with Crippen LogP contribution >= 0.6 is 38.5 Å². The molecule has 0 aliphatic heterocycles. The molecule has 0 saturated carbocycles. The smallest absolute Gasteiger partial charge is 0.141 e. The number of hydrogen-bond acceptors (Lipinski definition) is 2. The Labute approximate surface area is 120 Å².